The van der Waals surface area contributed by atoms with Gasteiger partial charge in [0.1, 0.15) is 23.9 Å². The molecule has 0 bridgehead atoms. The normalized spacial score (nSPS) is 26.2. The lowest BCUT2D eigenvalue weighted by molar-refractivity contribution is -0.151. The Hall–Kier alpha value is -2.11. The number of carbonyl (C=O) groups excluding carboxylic acids is 2. The Labute approximate surface area is 255 Å². The van der Waals surface area contributed by atoms with Crippen LogP contribution in [0.4, 0.5) is 0 Å². The van der Waals surface area contributed by atoms with Gasteiger partial charge in [0.15, 0.2) is 0 Å². The summed E-state index contributed by atoms with van der Waals surface area (Å²) in [6.45, 7) is 6.00. The van der Waals surface area contributed by atoms with Crippen LogP contribution in [-0.4, -0.2) is 68.5 Å². The molecule has 1 saturated carbocycles. The lowest BCUT2D eigenvalue weighted by Gasteiger charge is -2.35. The van der Waals surface area contributed by atoms with Crippen LogP contribution in [0.1, 0.15) is 78.6 Å². The maximum atomic E-state index is 12.1. The van der Waals surface area contributed by atoms with Gasteiger partial charge in [0, 0.05) is 24.8 Å². The van der Waals surface area contributed by atoms with Crippen molar-refractivity contribution in [3.63, 3.8) is 0 Å². The first-order valence-electron chi connectivity index (χ1n) is 15.2. The molecule has 0 aromatic heterocycles. The lowest BCUT2D eigenvalue weighted by atomic mass is 9.86. The molecule has 2 rings (SSSR count). The summed E-state index contributed by atoms with van der Waals surface area (Å²) in [6, 6.07) is 0. The highest BCUT2D eigenvalue weighted by Crippen LogP contribution is 2.42. The average molecular weight is 628 g/mol. The van der Waals surface area contributed by atoms with Crippen molar-refractivity contribution in [3.8, 4) is 0 Å². The van der Waals surface area contributed by atoms with Crippen molar-refractivity contribution in [2.24, 2.45) is 23.5 Å². The Balaban J connectivity index is 2.06. The zero-order valence-electron chi connectivity index (χ0n) is 25.5. The maximum Gasteiger partial charge on any atom is 0.469 e. The summed E-state index contributed by atoms with van der Waals surface area (Å²) in [6.07, 6.45) is 13.9. The summed E-state index contributed by atoms with van der Waals surface area (Å²) in [5.74, 6) is -0.196. The predicted molar refractivity (Wildman–Crippen MR) is 162 cm³/mol. The smallest absolute Gasteiger partial charge is 0.462 e. The molecule has 11 nitrogen and oxygen atoms in total. The molecule has 0 saturated heterocycles. The van der Waals surface area contributed by atoms with Gasteiger partial charge in [-0.2, -0.15) is 0 Å². The van der Waals surface area contributed by atoms with Gasteiger partial charge in [0.05, 0.1) is 6.10 Å². The molecule has 1 heterocycles. The number of phosphoric acid groups is 1. The SMILES string of the molecule is CC[C@H]1C=CC(=O)O[C@H]1/C=C/[C@](O)(CCN)[C@@H](C[C@@H](O)/C=C\C=C/[C@@H]1CCC[C@H](OC(=O)CCC(C)C)C1)OP(=O)(O)O. The molecule has 1 fully saturated rings. The van der Waals surface area contributed by atoms with Crippen molar-refractivity contribution in [1.29, 1.82) is 0 Å². The van der Waals surface area contributed by atoms with Gasteiger partial charge in [-0.25, -0.2) is 9.36 Å². The van der Waals surface area contributed by atoms with Crippen LogP contribution in [0.15, 0.2) is 48.6 Å². The fourth-order valence-electron chi connectivity index (χ4n) is 5.30. The Morgan fingerprint density at radius 3 is 2.65 bits per heavy atom. The lowest BCUT2D eigenvalue weighted by Crippen LogP contribution is -2.45. The van der Waals surface area contributed by atoms with Gasteiger partial charge in [0.25, 0.3) is 0 Å². The molecule has 0 radical (unpaired) electrons. The van der Waals surface area contributed by atoms with Crippen molar-refractivity contribution in [3.05, 3.63) is 48.6 Å². The van der Waals surface area contributed by atoms with Gasteiger partial charge >= 0.3 is 19.8 Å². The monoisotopic (exact) mass is 627 g/mol. The standard InChI is InChI=1S/C31H50NO10P/c1-4-24-13-15-30(35)41-27(24)16-17-31(36,18-19-32)28(42-43(37,38)39)21-25(33)10-6-5-8-23-9-7-11-26(20-23)40-29(34)14-12-22(2)3/h5-6,8,10,13,15-17,22-28,33,36H,4,7,9,11-12,14,18-21,32H2,1-3H3,(H2,37,38,39)/b8-5-,10-6-,17-16+/t23-,24+,25+,26+,27+,28-,31+/m1/s1. The first-order chi connectivity index (χ1) is 20.2. The molecule has 0 amide bonds. The molecule has 2 aliphatic rings. The van der Waals surface area contributed by atoms with E-state index in [9.17, 15) is 34.2 Å². The molecule has 0 spiro atoms. The molecule has 43 heavy (non-hydrogen) atoms. The summed E-state index contributed by atoms with van der Waals surface area (Å²) in [5, 5.41) is 22.1. The zero-order chi connectivity index (χ0) is 32.0. The number of rotatable bonds is 17. The third-order valence-corrected chi connectivity index (χ3v) is 8.27. The molecule has 0 aromatic carbocycles. The molecule has 0 aromatic rings. The molecule has 12 heteroatoms. The molecular weight excluding hydrogens is 577 g/mol. The number of ether oxygens (including phenoxy) is 2. The van der Waals surface area contributed by atoms with E-state index in [4.69, 9.17) is 19.7 Å². The number of allylic oxidation sites excluding steroid dienone is 3. The average Bonchev–Trinajstić information content (AvgIpc) is 2.92. The van der Waals surface area contributed by atoms with Crippen molar-refractivity contribution < 1.29 is 48.2 Å². The van der Waals surface area contributed by atoms with E-state index in [1.54, 1.807) is 18.2 Å². The predicted octanol–water partition coefficient (Wildman–Crippen LogP) is 4.01. The molecule has 1 aliphatic carbocycles. The van der Waals surface area contributed by atoms with Crippen molar-refractivity contribution in [2.45, 2.75) is 109 Å². The number of hydrogen-bond donors (Lipinski definition) is 5. The van der Waals surface area contributed by atoms with Gasteiger partial charge in [0.2, 0.25) is 0 Å². The van der Waals surface area contributed by atoms with E-state index in [-0.39, 0.29) is 43.3 Å². The van der Waals surface area contributed by atoms with Crippen LogP contribution in [0.3, 0.4) is 0 Å². The third-order valence-electron chi connectivity index (χ3n) is 7.74. The van der Waals surface area contributed by atoms with E-state index in [1.165, 1.54) is 24.3 Å². The Kier molecular flexibility index (Phi) is 15.5. The van der Waals surface area contributed by atoms with E-state index in [1.807, 2.05) is 13.0 Å². The molecule has 244 valence electrons. The second kappa shape index (κ2) is 18.0. The fourth-order valence-corrected chi connectivity index (χ4v) is 5.90. The Morgan fingerprint density at radius 2 is 2.00 bits per heavy atom. The Morgan fingerprint density at radius 1 is 1.26 bits per heavy atom. The number of phosphoric ester groups is 1. The summed E-state index contributed by atoms with van der Waals surface area (Å²) < 4.78 is 27.7. The van der Waals surface area contributed by atoms with Crippen LogP contribution in [0.5, 0.6) is 0 Å². The topological polar surface area (TPSA) is 186 Å². The molecule has 6 N–H and O–H groups in total. The summed E-state index contributed by atoms with van der Waals surface area (Å²) in [5.41, 5.74) is 3.73. The number of aliphatic hydroxyl groups is 2. The van der Waals surface area contributed by atoms with Crippen molar-refractivity contribution in [1.82, 2.24) is 0 Å². The minimum Gasteiger partial charge on any atom is -0.462 e. The number of esters is 2. The van der Waals surface area contributed by atoms with Crippen LogP contribution in [0.2, 0.25) is 0 Å². The summed E-state index contributed by atoms with van der Waals surface area (Å²) in [4.78, 5) is 43.0. The van der Waals surface area contributed by atoms with Gasteiger partial charge in [-0.15, -0.1) is 0 Å². The van der Waals surface area contributed by atoms with E-state index in [0.29, 0.717) is 18.8 Å². The molecular formula is C31H50NO10P. The minimum absolute atomic E-state index is 0.0481. The van der Waals surface area contributed by atoms with E-state index >= 15 is 0 Å². The zero-order valence-corrected chi connectivity index (χ0v) is 26.4. The van der Waals surface area contributed by atoms with Crippen molar-refractivity contribution in [2.75, 3.05) is 6.54 Å². The highest BCUT2D eigenvalue weighted by Gasteiger charge is 2.40. The van der Waals surface area contributed by atoms with Crippen LogP contribution in [0, 0.1) is 17.8 Å². The van der Waals surface area contributed by atoms with Gasteiger partial charge < -0.3 is 35.2 Å². The number of carbonyl (C=O) groups is 2. The second-order valence-corrected chi connectivity index (χ2v) is 13.0. The molecule has 0 unspecified atom stereocenters. The molecule has 7 atom stereocenters. The first-order valence-corrected chi connectivity index (χ1v) is 16.7. The van der Waals surface area contributed by atoms with Gasteiger partial charge in [-0.05, 0) is 69.4 Å². The van der Waals surface area contributed by atoms with Crippen LogP contribution in [-0.2, 0) is 28.2 Å². The number of nitrogens with two attached hydrogens (primary N) is 1. The Bertz CT molecular complexity index is 1050. The van der Waals surface area contributed by atoms with Crippen LogP contribution < -0.4 is 5.73 Å². The fraction of sp³-hybridized carbons (Fsp3) is 0.677. The van der Waals surface area contributed by atoms with Crippen molar-refractivity contribution >= 4 is 19.8 Å². The largest absolute Gasteiger partial charge is 0.469 e. The number of hydrogen-bond acceptors (Lipinski definition) is 9. The third kappa shape index (κ3) is 14.0. The number of aliphatic hydroxyl groups excluding tert-OH is 1. The van der Waals surface area contributed by atoms with Crippen LogP contribution >= 0.6 is 7.82 Å². The second-order valence-electron chi connectivity index (χ2n) is 11.9. The van der Waals surface area contributed by atoms with E-state index < -0.39 is 37.7 Å². The quantitative estimate of drug-likeness (QED) is 0.0679. The summed E-state index contributed by atoms with van der Waals surface area (Å²) >= 11 is 0. The highest BCUT2D eigenvalue weighted by molar-refractivity contribution is 7.46. The minimum atomic E-state index is -5.07. The molecule has 1 aliphatic heterocycles. The first kappa shape index (κ1) is 37.1. The van der Waals surface area contributed by atoms with Crippen LogP contribution in [0.25, 0.3) is 0 Å². The van der Waals surface area contributed by atoms with Gasteiger partial charge in [-0.3, -0.25) is 9.32 Å². The van der Waals surface area contributed by atoms with Gasteiger partial charge in [-0.1, -0.05) is 57.2 Å². The van der Waals surface area contributed by atoms with E-state index in [2.05, 4.69) is 13.8 Å². The highest BCUT2D eigenvalue weighted by atomic mass is 31.2. The summed E-state index contributed by atoms with van der Waals surface area (Å²) in [7, 11) is -5.07. The number of cyclic esters (lactones) is 1. The maximum absolute atomic E-state index is 12.1. The van der Waals surface area contributed by atoms with E-state index in [0.717, 1.165) is 32.1 Å².